The Bertz CT molecular complexity index is 1290. The molecule has 42 heavy (non-hydrogen) atoms. The number of carbonyl (C=O) groups is 4. The largest absolute Gasteiger partial charge is 0.445 e. The molecule has 0 aliphatic carbocycles. The lowest BCUT2D eigenvalue weighted by molar-refractivity contribution is -0.188. The van der Waals surface area contributed by atoms with Crippen LogP contribution in [0.4, 0.5) is 14.0 Å². The van der Waals surface area contributed by atoms with Gasteiger partial charge in [-0.05, 0) is 43.0 Å². The van der Waals surface area contributed by atoms with Crippen LogP contribution in [0.3, 0.4) is 0 Å². The van der Waals surface area contributed by atoms with Gasteiger partial charge in [0.25, 0.3) is 0 Å². The predicted molar refractivity (Wildman–Crippen MR) is 153 cm³/mol. The highest BCUT2D eigenvalue weighted by Crippen LogP contribution is 2.29. The van der Waals surface area contributed by atoms with E-state index in [4.69, 9.17) is 4.74 Å². The van der Waals surface area contributed by atoms with Crippen LogP contribution in [0.5, 0.6) is 0 Å². The third kappa shape index (κ3) is 7.43. The number of hydrogen-bond acceptors (Lipinski definition) is 6. The van der Waals surface area contributed by atoms with Crippen molar-refractivity contribution < 1.29 is 28.3 Å². The summed E-state index contributed by atoms with van der Waals surface area (Å²) >= 11 is 0. The zero-order chi connectivity index (χ0) is 30.2. The van der Waals surface area contributed by atoms with Gasteiger partial charge in [0.05, 0.1) is 13.1 Å². The first-order chi connectivity index (χ1) is 20.2. The number of benzene rings is 2. The first-order valence-corrected chi connectivity index (χ1v) is 13.9. The average Bonchev–Trinajstić information content (AvgIpc) is 2.96. The number of urea groups is 1. The summed E-state index contributed by atoms with van der Waals surface area (Å²) in [6, 6.07) is 12.4. The summed E-state index contributed by atoms with van der Waals surface area (Å²) in [4.78, 5) is 55.7. The maximum Gasteiger partial charge on any atom is 0.407 e. The fraction of sp³-hybridized carbons (Fsp3) is 0.400. The highest BCUT2D eigenvalue weighted by atomic mass is 19.1. The monoisotopic (exact) mass is 580 g/mol. The number of hydrogen-bond donors (Lipinski definition) is 2. The summed E-state index contributed by atoms with van der Waals surface area (Å²) in [6.45, 7) is 6.32. The van der Waals surface area contributed by atoms with E-state index in [-0.39, 0.29) is 56.8 Å². The number of halogens is 1. The van der Waals surface area contributed by atoms with Crippen LogP contribution in [0.1, 0.15) is 29.5 Å². The molecule has 2 saturated heterocycles. The number of amides is 5. The number of nitrogens with zero attached hydrogens (tertiary/aromatic N) is 4. The third-order valence-electron chi connectivity index (χ3n) is 7.25. The molecule has 2 atom stereocenters. The van der Waals surface area contributed by atoms with Crippen LogP contribution in [0.15, 0.2) is 61.2 Å². The van der Waals surface area contributed by atoms with E-state index in [2.05, 4.69) is 17.2 Å². The molecule has 1 unspecified atom stereocenters. The number of ether oxygens (including phenoxy) is 1. The number of alkyl carbamates (subject to hydrolysis) is 1. The molecule has 224 valence electrons. The van der Waals surface area contributed by atoms with Gasteiger partial charge in [-0.25, -0.2) is 24.0 Å². The minimum atomic E-state index is -0.825. The number of piperazine rings is 1. The maximum atomic E-state index is 13.8. The number of fused-ring (bicyclic) bond motifs is 1. The molecule has 12 heteroatoms. The maximum absolute atomic E-state index is 13.8. The van der Waals surface area contributed by atoms with E-state index < -0.39 is 24.3 Å². The zero-order valence-electron chi connectivity index (χ0n) is 23.9. The summed E-state index contributed by atoms with van der Waals surface area (Å²) in [5, 5.41) is 8.52. The van der Waals surface area contributed by atoms with Gasteiger partial charge in [0.1, 0.15) is 24.6 Å². The second-order valence-electron chi connectivity index (χ2n) is 10.4. The van der Waals surface area contributed by atoms with Gasteiger partial charge in [0.15, 0.2) is 0 Å². The summed E-state index contributed by atoms with van der Waals surface area (Å²) < 4.78 is 18.3. The van der Waals surface area contributed by atoms with Gasteiger partial charge in [-0.3, -0.25) is 9.59 Å². The molecule has 0 aromatic heterocycles. The molecule has 0 bridgehead atoms. The lowest BCUT2D eigenvalue weighted by Gasteiger charge is -2.54. The second-order valence-corrected chi connectivity index (χ2v) is 10.4. The Hall–Kier alpha value is -4.45. The number of rotatable bonds is 10. The average molecular weight is 581 g/mol. The predicted octanol–water partition coefficient (Wildman–Crippen LogP) is 2.76. The fourth-order valence-corrected chi connectivity index (χ4v) is 5.17. The molecule has 2 heterocycles. The lowest BCUT2D eigenvalue weighted by atomic mass is 10.0. The minimum absolute atomic E-state index is 0.0808. The van der Waals surface area contributed by atoms with Gasteiger partial charge in [-0.1, -0.05) is 54.6 Å². The Balaban J connectivity index is 1.54. The van der Waals surface area contributed by atoms with Gasteiger partial charge in [0, 0.05) is 26.7 Å². The van der Waals surface area contributed by atoms with Crippen molar-refractivity contribution in [3.05, 3.63) is 83.7 Å². The van der Waals surface area contributed by atoms with Crippen LogP contribution in [0.2, 0.25) is 0 Å². The topological polar surface area (TPSA) is 115 Å². The third-order valence-corrected chi connectivity index (χ3v) is 7.25. The van der Waals surface area contributed by atoms with E-state index in [0.29, 0.717) is 18.5 Å². The lowest BCUT2D eigenvalue weighted by Crippen LogP contribution is -2.75. The fourth-order valence-electron chi connectivity index (χ4n) is 5.17. The minimum Gasteiger partial charge on any atom is -0.445 e. The zero-order valence-corrected chi connectivity index (χ0v) is 23.9. The van der Waals surface area contributed by atoms with Crippen molar-refractivity contribution in [2.45, 2.75) is 45.1 Å². The van der Waals surface area contributed by atoms with Crippen molar-refractivity contribution in [2.75, 3.05) is 33.3 Å². The van der Waals surface area contributed by atoms with Crippen molar-refractivity contribution >= 4 is 23.9 Å². The summed E-state index contributed by atoms with van der Waals surface area (Å²) in [5.74, 6) is -0.854. The standard InChI is InChI=1S/C30H37FN6O5/c1-4-16-42-30(41)32-15-5-6-25-28(39)35(18-23-9-7-21(2)8-10-23)19-26-36(25)27(38)20-34(3)37(26)29(40)33-17-22-11-13-24(31)14-12-22/h4,7-14,25-26H,1,5-6,15-20H2,2-3H3,(H,32,41)(H,33,40)/t25-,26?/m0/s1. The van der Waals surface area contributed by atoms with Crippen LogP contribution in [-0.2, 0) is 27.4 Å². The van der Waals surface area contributed by atoms with E-state index in [1.54, 1.807) is 29.1 Å². The Kier molecular flexibility index (Phi) is 10.1. The summed E-state index contributed by atoms with van der Waals surface area (Å²) in [6.07, 6.45) is 0.804. The number of aryl methyl sites for hydroxylation is 1. The molecule has 0 spiro atoms. The van der Waals surface area contributed by atoms with Gasteiger partial charge in [-0.15, -0.1) is 0 Å². The molecule has 2 aromatic carbocycles. The SMILES string of the molecule is C=CCOC(=O)NCCC[C@H]1C(=O)N(Cc2ccc(C)cc2)CC2N1C(=O)CN(C)N2C(=O)NCc1ccc(F)cc1. The molecular formula is C30H37FN6O5. The van der Waals surface area contributed by atoms with Gasteiger partial charge in [0.2, 0.25) is 11.8 Å². The Labute approximate surface area is 244 Å². The Morgan fingerprint density at radius 3 is 2.45 bits per heavy atom. The molecule has 5 amide bonds. The molecule has 0 saturated carbocycles. The molecular weight excluding hydrogens is 543 g/mol. The molecule has 2 aliphatic rings. The normalized spacial score (nSPS) is 18.9. The highest BCUT2D eigenvalue weighted by Gasteiger charge is 2.50. The smallest absolute Gasteiger partial charge is 0.407 e. The molecule has 4 rings (SSSR count). The van der Waals surface area contributed by atoms with E-state index in [1.165, 1.54) is 28.1 Å². The summed E-state index contributed by atoms with van der Waals surface area (Å²) in [7, 11) is 1.65. The van der Waals surface area contributed by atoms with Crippen LogP contribution >= 0.6 is 0 Å². The van der Waals surface area contributed by atoms with E-state index in [0.717, 1.165) is 11.1 Å². The molecule has 2 aliphatic heterocycles. The Morgan fingerprint density at radius 1 is 1.07 bits per heavy atom. The van der Waals surface area contributed by atoms with Crippen LogP contribution in [-0.4, -0.2) is 89.3 Å². The van der Waals surface area contributed by atoms with E-state index >= 15 is 0 Å². The molecule has 2 N–H and O–H groups in total. The number of hydrazine groups is 1. The van der Waals surface area contributed by atoms with Crippen LogP contribution in [0, 0.1) is 12.7 Å². The first kappa shape index (κ1) is 30.5. The van der Waals surface area contributed by atoms with Crippen molar-refractivity contribution in [1.82, 2.24) is 30.5 Å². The van der Waals surface area contributed by atoms with E-state index in [1.807, 2.05) is 31.2 Å². The number of nitrogens with one attached hydrogen (secondary N) is 2. The quantitative estimate of drug-likeness (QED) is 0.330. The summed E-state index contributed by atoms with van der Waals surface area (Å²) in [5.41, 5.74) is 2.74. The first-order valence-electron chi connectivity index (χ1n) is 13.9. The van der Waals surface area contributed by atoms with Gasteiger partial charge >= 0.3 is 12.1 Å². The number of carbonyl (C=O) groups excluding carboxylic acids is 4. The van der Waals surface area contributed by atoms with Crippen LogP contribution in [0.25, 0.3) is 0 Å². The molecule has 2 aromatic rings. The van der Waals surface area contributed by atoms with Gasteiger partial charge < -0.3 is 25.2 Å². The van der Waals surface area contributed by atoms with Crippen molar-refractivity contribution in [3.63, 3.8) is 0 Å². The molecule has 2 fully saturated rings. The van der Waals surface area contributed by atoms with Crippen LogP contribution < -0.4 is 10.6 Å². The molecule has 11 nitrogen and oxygen atoms in total. The van der Waals surface area contributed by atoms with E-state index in [9.17, 15) is 23.6 Å². The Morgan fingerprint density at radius 2 is 1.76 bits per heavy atom. The van der Waals surface area contributed by atoms with Crippen molar-refractivity contribution in [2.24, 2.45) is 0 Å². The van der Waals surface area contributed by atoms with Crippen molar-refractivity contribution in [1.29, 1.82) is 0 Å². The van der Waals surface area contributed by atoms with Gasteiger partial charge in [-0.2, -0.15) is 0 Å². The second kappa shape index (κ2) is 13.9. The van der Waals surface area contributed by atoms with Crippen molar-refractivity contribution in [3.8, 4) is 0 Å². The number of likely N-dealkylation sites (N-methyl/N-ethyl adjacent to an activating group) is 1. The highest BCUT2D eigenvalue weighted by molar-refractivity contribution is 5.91. The molecule has 0 radical (unpaired) electrons.